The van der Waals surface area contributed by atoms with Crippen molar-refractivity contribution in [3.63, 3.8) is 0 Å². The average Bonchev–Trinajstić information content (AvgIpc) is 3.09. The predicted molar refractivity (Wildman–Crippen MR) is 131 cm³/mol. The Labute approximate surface area is 205 Å². The Morgan fingerprint density at radius 3 is 2.37 bits per heavy atom. The molecular weight excluding hydrogens is 450 g/mol. The van der Waals surface area contributed by atoms with Crippen LogP contribution in [-0.4, -0.2) is 31.1 Å². The van der Waals surface area contributed by atoms with Crippen LogP contribution in [0.15, 0.2) is 24.3 Å². The first-order valence-corrected chi connectivity index (χ1v) is 12.2. The van der Waals surface area contributed by atoms with E-state index in [2.05, 4.69) is 24.5 Å². The van der Waals surface area contributed by atoms with E-state index in [0.29, 0.717) is 11.5 Å². The highest BCUT2D eigenvalue weighted by atomic mass is 19.2. The number of fused-ring (bicyclic) bond motifs is 1. The first-order chi connectivity index (χ1) is 16.4. The Kier molecular flexibility index (Phi) is 6.75. The molecule has 2 fully saturated rings. The topological polar surface area (TPSA) is 67.4 Å². The fourth-order valence-electron chi connectivity index (χ4n) is 6.01. The van der Waals surface area contributed by atoms with Crippen LogP contribution in [0.25, 0.3) is 11.1 Å². The molecule has 0 spiro atoms. The molecule has 1 heterocycles. The SMILES string of the molecule is CCOC(=O)C[C@H](NC(=O)[C@H]1NC[C@H]2[C@@H]1C2(C)C)c1cc(-c2c(C)cc(C)cc2C)cc(F)c1F. The van der Waals surface area contributed by atoms with Gasteiger partial charge in [-0.25, -0.2) is 8.78 Å². The van der Waals surface area contributed by atoms with Gasteiger partial charge in [-0.2, -0.15) is 0 Å². The molecule has 4 atom stereocenters. The van der Waals surface area contributed by atoms with Crippen LogP contribution in [-0.2, 0) is 14.3 Å². The molecule has 1 saturated heterocycles. The molecule has 1 aliphatic heterocycles. The largest absolute Gasteiger partial charge is 0.466 e. The predicted octanol–water partition coefficient (Wildman–Crippen LogP) is 4.91. The van der Waals surface area contributed by atoms with Crippen molar-refractivity contribution in [2.45, 2.75) is 60.0 Å². The van der Waals surface area contributed by atoms with Crippen LogP contribution in [0.1, 0.15) is 55.5 Å². The van der Waals surface area contributed by atoms with Gasteiger partial charge in [-0.1, -0.05) is 31.5 Å². The summed E-state index contributed by atoms with van der Waals surface area (Å²) in [6, 6.07) is 5.19. The summed E-state index contributed by atoms with van der Waals surface area (Å²) in [5, 5.41) is 6.07. The molecule has 35 heavy (non-hydrogen) atoms. The number of carbonyl (C=O) groups is 2. The monoisotopic (exact) mass is 484 g/mol. The summed E-state index contributed by atoms with van der Waals surface area (Å²) in [5.74, 6) is -2.42. The zero-order valence-corrected chi connectivity index (χ0v) is 21.2. The molecule has 1 saturated carbocycles. The van der Waals surface area contributed by atoms with Crippen LogP contribution >= 0.6 is 0 Å². The number of hydrogen-bond acceptors (Lipinski definition) is 4. The molecule has 2 aromatic carbocycles. The quantitative estimate of drug-likeness (QED) is 0.548. The fraction of sp³-hybridized carbons (Fsp3) is 0.500. The zero-order valence-electron chi connectivity index (χ0n) is 21.2. The lowest BCUT2D eigenvalue weighted by atomic mass is 9.90. The van der Waals surface area contributed by atoms with Crippen LogP contribution < -0.4 is 10.6 Å². The van der Waals surface area contributed by atoms with Gasteiger partial charge in [0, 0.05) is 5.56 Å². The molecule has 4 rings (SSSR count). The molecule has 7 heteroatoms. The van der Waals surface area contributed by atoms with E-state index in [-0.39, 0.29) is 35.8 Å². The number of benzene rings is 2. The van der Waals surface area contributed by atoms with Crippen molar-refractivity contribution < 1.29 is 23.1 Å². The number of hydrogen-bond donors (Lipinski definition) is 2. The number of piperidine rings is 1. The van der Waals surface area contributed by atoms with E-state index in [1.807, 2.05) is 32.9 Å². The van der Waals surface area contributed by atoms with E-state index in [1.165, 1.54) is 6.07 Å². The van der Waals surface area contributed by atoms with E-state index in [4.69, 9.17) is 4.74 Å². The third-order valence-corrected chi connectivity index (χ3v) is 7.73. The molecule has 0 bridgehead atoms. The second kappa shape index (κ2) is 9.34. The molecule has 0 unspecified atom stereocenters. The second-order valence-electron chi connectivity index (χ2n) is 10.5. The summed E-state index contributed by atoms with van der Waals surface area (Å²) in [5.41, 5.74) is 4.23. The van der Waals surface area contributed by atoms with Crippen molar-refractivity contribution in [2.24, 2.45) is 17.3 Å². The fourth-order valence-corrected chi connectivity index (χ4v) is 6.01. The third-order valence-electron chi connectivity index (χ3n) is 7.73. The Balaban J connectivity index is 1.71. The van der Waals surface area contributed by atoms with Gasteiger partial charge in [-0.3, -0.25) is 9.59 Å². The van der Waals surface area contributed by atoms with Gasteiger partial charge in [-0.05, 0) is 85.9 Å². The first kappa shape index (κ1) is 25.3. The minimum atomic E-state index is -1.07. The smallest absolute Gasteiger partial charge is 0.308 e. The molecule has 2 N–H and O–H groups in total. The van der Waals surface area contributed by atoms with Gasteiger partial charge >= 0.3 is 5.97 Å². The number of nitrogens with one attached hydrogen (secondary N) is 2. The van der Waals surface area contributed by atoms with Crippen LogP contribution in [0.4, 0.5) is 8.78 Å². The normalized spacial score (nSPS) is 22.9. The third kappa shape index (κ3) is 4.70. The summed E-state index contributed by atoms with van der Waals surface area (Å²) < 4.78 is 35.2. The van der Waals surface area contributed by atoms with Crippen molar-refractivity contribution >= 4 is 11.9 Å². The van der Waals surface area contributed by atoms with Crippen molar-refractivity contribution in [3.8, 4) is 11.1 Å². The zero-order chi connectivity index (χ0) is 25.7. The molecule has 1 amide bonds. The lowest BCUT2D eigenvalue weighted by Crippen LogP contribution is -2.46. The van der Waals surface area contributed by atoms with Crippen molar-refractivity contribution in [1.29, 1.82) is 0 Å². The molecule has 1 aliphatic carbocycles. The highest BCUT2D eigenvalue weighted by molar-refractivity contribution is 5.85. The Bertz CT molecular complexity index is 1150. The number of rotatable bonds is 7. The van der Waals surface area contributed by atoms with Gasteiger partial charge in [0.2, 0.25) is 5.91 Å². The van der Waals surface area contributed by atoms with Gasteiger partial charge < -0.3 is 15.4 Å². The molecule has 2 aliphatic rings. The van der Waals surface area contributed by atoms with Gasteiger partial charge in [0.15, 0.2) is 11.6 Å². The first-order valence-electron chi connectivity index (χ1n) is 12.2. The van der Waals surface area contributed by atoms with E-state index in [1.54, 1.807) is 13.0 Å². The molecule has 0 aromatic heterocycles. The van der Waals surface area contributed by atoms with Crippen molar-refractivity contribution in [3.05, 3.63) is 58.2 Å². The van der Waals surface area contributed by atoms with Crippen LogP contribution in [0, 0.1) is 49.7 Å². The van der Waals surface area contributed by atoms with E-state index >= 15 is 4.39 Å². The number of amides is 1. The van der Waals surface area contributed by atoms with E-state index < -0.39 is 29.7 Å². The lowest BCUT2D eigenvalue weighted by molar-refractivity contribution is -0.143. The van der Waals surface area contributed by atoms with Gasteiger partial charge in [0.05, 0.1) is 25.1 Å². The number of halogens is 2. The van der Waals surface area contributed by atoms with Gasteiger partial charge in [0.1, 0.15) is 0 Å². The summed E-state index contributed by atoms with van der Waals surface area (Å²) in [7, 11) is 0. The van der Waals surface area contributed by atoms with Crippen LogP contribution in [0.3, 0.4) is 0 Å². The summed E-state index contributed by atoms with van der Waals surface area (Å²) in [6.07, 6.45) is -0.296. The summed E-state index contributed by atoms with van der Waals surface area (Å²) >= 11 is 0. The number of carbonyl (C=O) groups excluding carboxylic acids is 2. The minimum Gasteiger partial charge on any atom is -0.466 e. The molecule has 0 radical (unpaired) electrons. The summed E-state index contributed by atoms with van der Waals surface area (Å²) in [6.45, 7) is 12.7. The van der Waals surface area contributed by atoms with Crippen LogP contribution in [0.5, 0.6) is 0 Å². The van der Waals surface area contributed by atoms with E-state index in [9.17, 15) is 14.0 Å². The standard InChI is InChI=1S/C28H34F2N2O3/c1-7-35-22(33)12-21(32-27(34)26-24-19(13-31-26)28(24,5)6)18-10-17(11-20(29)25(18)30)23-15(3)8-14(2)9-16(23)4/h8-11,19,21,24,26,31H,7,12-13H2,1-6H3,(H,32,34)/t19-,21-,24-,26-/m0/s1. The molecular formula is C28H34F2N2O3. The van der Waals surface area contributed by atoms with Crippen molar-refractivity contribution in [1.82, 2.24) is 10.6 Å². The van der Waals surface area contributed by atoms with Gasteiger partial charge in [-0.15, -0.1) is 0 Å². The number of aryl methyl sites for hydroxylation is 3. The molecule has 2 aromatic rings. The highest BCUT2D eigenvalue weighted by Gasteiger charge is 2.65. The number of esters is 1. The van der Waals surface area contributed by atoms with Gasteiger partial charge in [0.25, 0.3) is 0 Å². The second-order valence-corrected chi connectivity index (χ2v) is 10.5. The Morgan fingerprint density at radius 2 is 1.80 bits per heavy atom. The van der Waals surface area contributed by atoms with Crippen molar-refractivity contribution in [2.75, 3.05) is 13.2 Å². The number of ether oxygens (including phenoxy) is 1. The summed E-state index contributed by atoms with van der Waals surface area (Å²) in [4.78, 5) is 25.6. The maximum Gasteiger partial charge on any atom is 0.308 e. The average molecular weight is 485 g/mol. The maximum atomic E-state index is 15.2. The lowest BCUT2D eigenvalue weighted by Gasteiger charge is -2.24. The Morgan fingerprint density at radius 1 is 1.14 bits per heavy atom. The molecule has 5 nitrogen and oxygen atoms in total. The van der Waals surface area contributed by atoms with Crippen LogP contribution in [0.2, 0.25) is 0 Å². The molecule has 188 valence electrons. The minimum absolute atomic E-state index is 0.0572. The Hall–Kier alpha value is -2.80. The highest BCUT2D eigenvalue weighted by Crippen LogP contribution is 2.62. The maximum absolute atomic E-state index is 15.2. The van der Waals surface area contributed by atoms with E-state index in [0.717, 1.165) is 28.8 Å².